The summed E-state index contributed by atoms with van der Waals surface area (Å²) >= 11 is 7.18. The van der Waals surface area contributed by atoms with Crippen LogP contribution in [0.5, 0.6) is 5.75 Å². The molecule has 21 heavy (non-hydrogen) atoms. The highest BCUT2D eigenvalue weighted by molar-refractivity contribution is 9.11. The van der Waals surface area contributed by atoms with Crippen molar-refractivity contribution in [3.05, 3.63) is 32.3 Å². The van der Waals surface area contributed by atoms with Crippen LogP contribution >= 0.6 is 31.9 Å². The summed E-state index contributed by atoms with van der Waals surface area (Å²) in [5.41, 5.74) is 4.67. The predicted molar refractivity (Wildman–Crippen MR) is 90.6 cm³/mol. The monoisotopic (exact) mass is 413 g/mol. The first-order valence-corrected chi connectivity index (χ1v) is 8.55. The Morgan fingerprint density at radius 3 is 2.71 bits per heavy atom. The third-order valence-electron chi connectivity index (χ3n) is 3.68. The van der Waals surface area contributed by atoms with E-state index in [0.29, 0.717) is 6.61 Å². The zero-order valence-corrected chi connectivity index (χ0v) is 15.2. The number of likely N-dealkylation sites (N-methyl/N-ethyl adjacent to an activating group) is 1. The van der Waals surface area contributed by atoms with Crippen molar-refractivity contribution in [2.45, 2.75) is 19.9 Å². The van der Waals surface area contributed by atoms with Gasteiger partial charge in [-0.25, -0.2) is 0 Å². The molecule has 3 rings (SSSR count). The number of halogens is 2. The molecule has 1 aliphatic heterocycles. The first-order chi connectivity index (χ1) is 10.1. The van der Waals surface area contributed by atoms with Crippen molar-refractivity contribution in [3.8, 4) is 17.0 Å². The molecule has 2 heterocycles. The molecule has 0 radical (unpaired) electrons. The van der Waals surface area contributed by atoms with Crippen LogP contribution in [0.15, 0.2) is 21.1 Å². The topological polar surface area (TPSA) is 41.1 Å². The van der Waals surface area contributed by atoms with Gasteiger partial charge in [-0.15, -0.1) is 0 Å². The summed E-state index contributed by atoms with van der Waals surface area (Å²) in [5, 5.41) is 7.71. The van der Waals surface area contributed by atoms with E-state index >= 15 is 0 Å². The Hall–Kier alpha value is -0.850. The van der Waals surface area contributed by atoms with E-state index in [1.54, 1.807) is 0 Å². The molecule has 2 aromatic rings. The number of aromatic nitrogens is 2. The third-order valence-corrected chi connectivity index (χ3v) is 4.86. The Balaban J connectivity index is 2.04. The van der Waals surface area contributed by atoms with Crippen LogP contribution < -0.4 is 4.74 Å². The first-order valence-electron chi connectivity index (χ1n) is 6.97. The van der Waals surface area contributed by atoms with Crippen LogP contribution in [0.4, 0.5) is 0 Å². The zero-order valence-electron chi connectivity index (χ0n) is 12.0. The van der Waals surface area contributed by atoms with Crippen LogP contribution in [0.1, 0.15) is 18.2 Å². The minimum absolute atomic E-state index is 0.638. The fraction of sp³-hybridized carbons (Fsp3) is 0.400. The number of benzene rings is 1. The second kappa shape index (κ2) is 6.10. The van der Waals surface area contributed by atoms with E-state index in [-0.39, 0.29) is 0 Å². The van der Waals surface area contributed by atoms with Gasteiger partial charge in [-0.3, -0.25) is 5.10 Å². The quantitative estimate of drug-likeness (QED) is 0.825. The molecule has 0 aliphatic carbocycles. The molecule has 1 N–H and O–H groups in total. The standard InChI is InChI=1S/C15H17Br2N3O/c1-3-21-15-11(16)6-9(7-12(15)17)14-10-8-20(2)5-4-13(10)18-19-14/h6-7H,3-5,8H2,1-2H3,(H,18,19). The largest absolute Gasteiger partial charge is 0.492 e. The molecule has 0 spiro atoms. The molecule has 1 aliphatic rings. The predicted octanol–water partition coefficient (Wildman–Crippen LogP) is 3.99. The van der Waals surface area contributed by atoms with E-state index in [9.17, 15) is 0 Å². The minimum atomic E-state index is 0.638. The van der Waals surface area contributed by atoms with Gasteiger partial charge >= 0.3 is 0 Å². The highest BCUT2D eigenvalue weighted by atomic mass is 79.9. The van der Waals surface area contributed by atoms with Crippen LogP contribution in [-0.2, 0) is 13.0 Å². The second-order valence-corrected chi connectivity index (χ2v) is 6.93. The van der Waals surface area contributed by atoms with E-state index in [1.807, 2.05) is 6.92 Å². The number of H-pyrrole nitrogens is 1. The number of fused-ring (bicyclic) bond motifs is 1. The highest BCUT2D eigenvalue weighted by Crippen LogP contribution is 2.39. The Kier molecular flexibility index (Phi) is 4.38. The van der Waals surface area contributed by atoms with Gasteiger partial charge in [-0.1, -0.05) is 0 Å². The molecular formula is C15H17Br2N3O. The maximum absolute atomic E-state index is 5.64. The van der Waals surface area contributed by atoms with Crippen molar-refractivity contribution in [2.24, 2.45) is 0 Å². The number of hydrogen-bond donors (Lipinski definition) is 1. The maximum Gasteiger partial charge on any atom is 0.147 e. The minimum Gasteiger partial charge on any atom is -0.492 e. The summed E-state index contributed by atoms with van der Waals surface area (Å²) < 4.78 is 7.52. The van der Waals surface area contributed by atoms with Gasteiger partial charge in [0.25, 0.3) is 0 Å². The number of ether oxygens (including phenoxy) is 1. The summed E-state index contributed by atoms with van der Waals surface area (Å²) in [6, 6.07) is 4.14. The van der Waals surface area contributed by atoms with E-state index in [1.165, 1.54) is 11.3 Å². The van der Waals surface area contributed by atoms with Crippen LogP contribution in [0, 0.1) is 0 Å². The molecule has 0 bridgehead atoms. The molecule has 0 saturated heterocycles. The van der Waals surface area contributed by atoms with Crippen molar-refractivity contribution in [1.29, 1.82) is 0 Å². The molecule has 112 valence electrons. The summed E-state index contributed by atoms with van der Waals surface area (Å²) in [6.07, 6.45) is 1.03. The molecule has 1 aromatic heterocycles. The van der Waals surface area contributed by atoms with Crippen LogP contribution in [-0.4, -0.2) is 35.3 Å². The van der Waals surface area contributed by atoms with Crippen molar-refractivity contribution < 1.29 is 4.74 Å². The Labute approximate surface area is 141 Å². The zero-order chi connectivity index (χ0) is 15.0. The van der Waals surface area contributed by atoms with Crippen LogP contribution in [0.3, 0.4) is 0 Å². The van der Waals surface area contributed by atoms with Crippen molar-refractivity contribution >= 4 is 31.9 Å². The Morgan fingerprint density at radius 2 is 2.05 bits per heavy atom. The summed E-state index contributed by atoms with van der Waals surface area (Å²) in [7, 11) is 2.14. The van der Waals surface area contributed by atoms with Gasteiger partial charge in [-0.2, -0.15) is 5.10 Å². The summed E-state index contributed by atoms with van der Waals surface area (Å²) in [6.45, 7) is 4.63. The summed E-state index contributed by atoms with van der Waals surface area (Å²) in [4.78, 5) is 2.32. The normalized spacial score (nSPS) is 15.0. The van der Waals surface area contributed by atoms with Crippen molar-refractivity contribution in [1.82, 2.24) is 15.1 Å². The van der Waals surface area contributed by atoms with Crippen LogP contribution in [0.2, 0.25) is 0 Å². The van der Waals surface area contributed by atoms with Gasteiger partial charge in [0.2, 0.25) is 0 Å². The number of nitrogens with zero attached hydrogens (tertiary/aromatic N) is 2. The SMILES string of the molecule is CCOc1c(Br)cc(-c2n[nH]c3c2CN(C)CC3)cc1Br. The number of rotatable bonds is 3. The average Bonchev–Trinajstić information content (AvgIpc) is 2.85. The van der Waals surface area contributed by atoms with Crippen molar-refractivity contribution in [2.75, 3.05) is 20.2 Å². The number of hydrogen-bond acceptors (Lipinski definition) is 3. The van der Waals surface area contributed by atoms with Gasteiger partial charge in [0.15, 0.2) is 0 Å². The molecule has 0 atom stereocenters. The van der Waals surface area contributed by atoms with Gasteiger partial charge in [0.05, 0.1) is 21.2 Å². The Bertz CT molecular complexity index is 646. The molecule has 0 fully saturated rings. The van der Waals surface area contributed by atoms with E-state index < -0.39 is 0 Å². The van der Waals surface area contributed by atoms with Crippen molar-refractivity contribution in [3.63, 3.8) is 0 Å². The van der Waals surface area contributed by atoms with E-state index in [2.05, 4.69) is 66.1 Å². The first kappa shape index (κ1) is 15.1. The maximum atomic E-state index is 5.64. The number of nitrogens with one attached hydrogen (secondary N) is 1. The average molecular weight is 415 g/mol. The fourth-order valence-electron chi connectivity index (χ4n) is 2.65. The lowest BCUT2D eigenvalue weighted by molar-refractivity contribution is 0.312. The smallest absolute Gasteiger partial charge is 0.147 e. The second-order valence-electron chi connectivity index (χ2n) is 5.22. The van der Waals surface area contributed by atoms with E-state index in [0.717, 1.165) is 45.5 Å². The third kappa shape index (κ3) is 2.89. The lowest BCUT2D eigenvalue weighted by atomic mass is 10.0. The van der Waals surface area contributed by atoms with E-state index in [4.69, 9.17) is 4.74 Å². The highest BCUT2D eigenvalue weighted by Gasteiger charge is 2.21. The lowest BCUT2D eigenvalue weighted by Gasteiger charge is -2.22. The molecule has 1 aromatic carbocycles. The van der Waals surface area contributed by atoms with Crippen LogP contribution in [0.25, 0.3) is 11.3 Å². The molecular weight excluding hydrogens is 398 g/mol. The van der Waals surface area contributed by atoms with Gasteiger partial charge in [0, 0.05) is 36.3 Å². The molecule has 0 amide bonds. The molecule has 4 nitrogen and oxygen atoms in total. The fourth-order valence-corrected chi connectivity index (χ4v) is 4.06. The van der Waals surface area contributed by atoms with Gasteiger partial charge < -0.3 is 9.64 Å². The van der Waals surface area contributed by atoms with Gasteiger partial charge in [0.1, 0.15) is 5.75 Å². The summed E-state index contributed by atoms with van der Waals surface area (Å²) in [5.74, 6) is 0.836. The number of aromatic amines is 1. The lowest BCUT2D eigenvalue weighted by Crippen LogP contribution is -2.26. The molecule has 0 unspecified atom stereocenters. The molecule has 0 saturated carbocycles. The van der Waals surface area contributed by atoms with Gasteiger partial charge in [-0.05, 0) is 58.0 Å². The Morgan fingerprint density at radius 1 is 1.33 bits per heavy atom. The molecule has 6 heteroatoms.